The van der Waals surface area contributed by atoms with Crippen molar-refractivity contribution in [1.82, 2.24) is 25.1 Å². The van der Waals surface area contributed by atoms with Crippen LogP contribution in [0.3, 0.4) is 0 Å². The molecule has 0 aliphatic carbocycles. The van der Waals surface area contributed by atoms with E-state index in [1.165, 1.54) is 0 Å². The lowest BCUT2D eigenvalue weighted by atomic mass is 10.1. The molecule has 4 aromatic rings. The summed E-state index contributed by atoms with van der Waals surface area (Å²) in [4.78, 5) is 21.5. The second-order valence-corrected chi connectivity index (χ2v) is 7.20. The van der Waals surface area contributed by atoms with Crippen LogP contribution in [0.1, 0.15) is 27.4 Å². The number of rotatable bonds is 6. The van der Waals surface area contributed by atoms with Crippen molar-refractivity contribution in [2.24, 2.45) is 0 Å². The maximum Gasteiger partial charge on any atom is 0.251 e. The van der Waals surface area contributed by atoms with E-state index in [2.05, 4.69) is 25.7 Å². The third-order valence-corrected chi connectivity index (χ3v) is 4.83. The summed E-state index contributed by atoms with van der Waals surface area (Å²) in [5, 5.41) is 11.8. The molecule has 0 bridgehead atoms. The molecule has 30 heavy (non-hydrogen) atoms. The van der Waals surface area contributed by atoms with Crippen molar-refractivity contribution >= 4 is 22.8 Å². The first-order chi connectivity index (χ1) is 14.5. The second-order valence-electron chi connectivity index (χ2n) is 7.20. The summed E-state index contributed by atoms with van der Waals surface area (Å²) in [6.45, 7) is 6.83. The van der Waals surface area contributed by atoms with Gasteiger partial charge in [0.2, 0.25) is 0 Å². The van der Waals surface area contributed by atoms with Crippen LogP contribution in [0, 0.1) is 20.8 Å². The SMILES string of the molecule is Cc1ccc(C(=O)NCCNc2nc(C)nc3c2c(C)nn3-c2ccccc2)cc1. The first-order valence-electron chi connectivity index (χ1n) is 9.91. The summed E-state index contributed by atoms with van der Waals surface area (Å²) in [5.41, 5.74) is 4.34. The third-order valence-electron chi connectivity index (χ3n) is 4.83. The molecule has 0 aliphatic rings. The lowest BCUT2D eigenvalue weighted by molar-refractivity contribution is 0.0955. The summed E-state index contributed by atoms with van der Waals surface area (Å²) in [6.07, 6.45) is 0. The van der Waals surface area contributed by atoms with E-state index in [0.29, 0.717) is 24.5 Å². The average molecular weight is 400 g/mol. The molecule has 0 saturated carbocycles. The Morgan fingerprint density at radius 2 is 1.67 bits per heavy atom. The molecule has 152 valence electrons. The summed E-state index contributed by atoms with van der Waals surface area (Å²) < 4.78 is 1.84. The van der Waals surface area contributed by atoms with E-state index >= 15 is 0 Å². The zero-order chi connectivity index (χ0) is 21.1. The van der Waals surface area contributed by atoms with Crippen molar-refractivity contribution in [2.45, 2.75) is 20.8 Å². The smallest absolute Gasteiger partial charge is 0.251 e. The van der Waals surface area contributed by atoms with Crippen molar-refractivity contribution in [3.63, 3.8) is 0 Å². The Labute approximate surface area is 175 Å². The van der Waals surface area contributed by atoms with Crippen LogP contribution in [0.4, 0.5) is 5.82 Å². The first kappa shape index (κ1) is 19.6. The van der Waals surface area contributed by atoms with E-state index in [0.717, 1.165) is 33.8 Å². The third kappa shape index (κ3) is 4.00. The predicted octanol–water partition coefficient (Wildman–Crippen LogP) is 3.58. The molecule has 0 aliphatic heterocycles. The number of hydrogen-bond acceptors (Lipinski definition) is 5. The van der Waals surface area contributed by atoms with Gasteiger partial charge in [0.1, 0.15) is 11.6 Å². The normalized spacial score (nSPS) is 10.9. The molecule has 0 fully saturated rings. The molecule has 1 amide bonds. The minimum atomic E-state index is -0.0890. The molecule has 7 heteroatoms. The number of carbonyl (C=O) groups is 1. The van der Waals surface area contributed by atoms with E-state index < -0.39 is 0 Å². The molecular formula is C23H24N6O. The lowest BCUT2D eigenvalue weighted by Gasteiger charge is -2.10. The Kier molecular flexibility index (Phi) is 5.43. The van der Waals surface area contributed by atoms with Crippen LogP contribution in [-0.2, 0) is 0 Å². The van der Waals surface area contributed by atoms with Gasteiger partial charge in [-0.2, -0.15) is 5.10 Å². The van der Waals surface area contributed by atoms with Crippen molar-refractivity contribution in [3.8, 4) is 5.69 Å². The van der Waals surface area contributed by atoms with E-state index in [1.807, 2.05) is 80.1 Å². The fraction of sp³-hybridized carbons (Fsp3) is 0.217. The van der Waals surface area contributed by atoms with Gasteiger partial charge >= 0.3 is 0 Å². The highest BCUT2D eigenvalue weighted by Gasteiger charge is 2.16. The molecule has 0 radical (unpaired) electrons. The van der Waals surface area contributed by atoms with Gasteiger partial charge in [-0.15, -0.1) is 0 Å². The number of aryl methyl sites for hydroxylation is 3. The van der Waals surface area contributed by atoms with Crippen molar-refractivity contribution in [1.29, 1.82) is 0 Å². The van der Waals surface area contributed by atoms with E-state index in [4.69, 9.17) is 0 Å². The van der Waals surface area contributed by atoms with Gasteiger partial charge in [0, 0.05) is 18.7 Å². The van der Waals surface area contributed by atoms with Gasteiger partial charge in [0.15, 0.2) is 5.65 Å². The Bertz CT molecular complexity index is 1180. The van der Waals surface area contributed by atoms with Crippen LogP contribution in [0.2, 0.25) is 0 Å². The minimum absolute atomic E-state index is 0.0890. The topological polar surface area (TPSA) is 84.7 Å². The van der Waals surface area contributed by atoms with Crippen LogP contribution in [-0.4, -0.2) is 38.7 Å². The number of amides is 1. The number of nitrogens with zero attached hydrogens (tertiary/aromatic N) is 4. The molecule has 0 atom stereocenters. The van der Waals surface area contributed by atoms with Crippen molar-refractivity contribution in [3.05, 3.63) is 77.2 Å². The van der Waals surface area contributed by atoms with E-state index in [-0.39, 0.29) is 5.91 Å². The van der Waals surface area contributed by atoms with Crippen LogP contribution in [0.25, 0.3) is 16.7 Å². The molecular weight excluding hydrogens is 376 g/mol. The number of hydrogen-bond donors (Lipinski definition) is 2. The highest BCUT2D eigenvalue weighted by atomic mass is 16.1. The van der Waals surface area contributed by atoms with Crippen molar-refractivity contribution < 1.29 is 4.79 Å². The number of benzene rings is 2. The van der Waals surface area contributed by atoms with Crippen LogP contribution < -0.4 is 10.6 Å². The molecule has 2 N–H and O–H groups in total. The molecule has 0 unspecified atom stereocenters. The van der Waals surface area contributed by atoms with Crippen molar-refractivity contribution in [2.75, 3.05) is 18.4 Å². The number of fused-ring (bicyclic) bond motifs is 1. The standard InChI is InChI=1S/C23H24N6O/c1-15-9-11-18(12-10-15)23(30)25-14-13-24-21-20-16(2)28-29(19-7-5-4-6-8-19)22(20)27-17(3)26-21/h4-12H,13-14H2,1-3H3,(H,25,30)(H,24,26,27). The summed E-state index contributed by atoms with van der Waals surface area (Å²) in [5.74, 6) is 1.29. The van der Waals surface area contributed by atoms with Gasteiger partial charge in [-0.3, -0.25) is 4.79 Å². The highest BCUT2D eigenvalue weighted by Crippen LogP contribution is 2.26. The maximum atomic E-state index is 12.3. The molecule has 0 saturated heterocycles. The molecule has 2 aromatic heterocycles. The largest absolute Gasteiger partial charge is 0.368 e. The Morgan fingerprint density at radius 3 is 2.40 bits per heavy atom. The molecule has 7 nitrogen and oxygen atoms in total. The maximum absolute atomic E-state index is 12.3. The lowest BCUT2D eigenvalue weighted by Crippen LogP contribution is -2.29. The fourth-order valence-corrected chi connectivity index (χ4v) is 3.33. The number of aromatic nitrogens is 4. The quantitative estimate of drug-likeness (QED) is 0.483. The molecule has 4 rings (SSSR count). The zero-order valence-electron chi connectivity index (χ0n) is 17.3. The van der Waals surface area contributed by atoms with Gasteiger partial charge in [0.05, 0.1) is 16.8 Å². The van der Waals surface area contributed by atoms with E-state index in [1.54, 1.807) is 0 Å². The van der Waals surface area contributed by atoms with Crippen LogP contribution in [0.5, 0.6) is 0 Å². The van der Waals surface area contributed by atoms with E-state index in [9.17, 15) is 4.79 Å². The number of para-hydroxylation sites is 1. The summed E-state index contributed by atoms with van der Waals surface area (Å²) in [7, 11) is 0. The Morgan fingerprint density at radius 1 is 0.933 bits per heavy atom. The van der Waals surface area contributed by atoms with Crippen LogP contribution in [0.15, 0.2) is 54.6 Å². The molecule has 0 spiro atoms. The number of carbonyl (C=O) groups excluding carboxylic acids is 1. The monoisotopic (exact) mass is 400 g/mol. The Balaban J connectivity index is 1.50. The van der Waals surface area contributed by atoms with Gasteiger partial charge in [0.25, 0.3) is 5.91 Å². The second kappa shape index (κ2) is 8.32. The van der Waals surface area contributed by atoms with Gasteiger partial charge < -0.3 is 10.6 Å². The first-order valence-corrected chi connectivity index (χ1v) is 9.91. The van der Waals surface area contributed by atoms with Crippen LogP contribution >= 0.6 is 0 Å². The highest BCUT2D eigenvalue weighted by molar-refractivity contribution is 5.94. The van der Waals surface area contributed by atoms with Gasteiger partial charge in [-0.25, -0.2) is 14.6 Å². The number of nitrogens with one attached hydrogen (secondary N) is 2. The minimum Gasteiger partial charge on any atom is -0.368 e. The predicted molar refractivity (Wildman–Crippen MR) is 118 cm³/mol. The summed E-state index contributed by atoms with van der Waals surface area (Å²) in [6, 6.07) is 17.4. The number of anilines is 1. The Hall–Kier alpha value is -3.74. The average Bonchev–Trinajstić information content (AvgIpc) is 3.08. The molecule has 2 heterocycles. The van der Waals surface area contributed by atoms with Gasteiger partial charge in [-0.1, -0.05) is 35.9 Å². The van der Waals surface area contributed by atoms with Gasteiger partial charge in [-0.05, 0) is 45.0 Å². The summed E-state index contributed by atoms with van der Waals surface area (Å²) >= 11 is 0. The fourth-order valence-electron chi connectivity index (χ4n) is 3.33. The zero-order valence-corrected chi connectivity index (χ0v) is 17.3. The molecule has 2 aromatic carbocycles.